The molecule has 1 aromatic heterocycles. The fourth-order valence-electron chi connectivity index (χ4n) is 4.69. The molecule has 1 saturated carbocycles. The minimum absolute atomic E-state index is 0.703. The van der Waals surface area contributed by atoms with Crippen molar-refractivity contribution in [3.05, 3.63) is 30.0 Å². The number of anilines is 1. The molecule has 3 heteroatoms. The molecule has 136 valence electrons. The molecule has 0 bridgehead atoms. The van der Waals surface area contributed by atoms with Crippen LogP contribution >= 0.6 is 0 Å². The van der Waals surface area contributed by atoms with Crippen LogP contribution in [0.5, 0.6) is 0 Å². The minimum Gasteiger partial charge on any atom is -0.461 e. The Hall–Kier alpha value is -1.48. The summed E-state index contributed by atoms with van der Waals surface area (Å²) in [6.07, 6.45) is 10.5. The molecule has 2 aliphatic rings. The van der Waals surface area contributed by atoms with E-state index in [-0.39, 0.29) is 0 Å². The van der Waals surface area contributed by atoms with Crippen molar-refractivity contribution in [3.63, 3.8) is 0 Å². The summed E-state index contributed by atoms with van der Waals surface area (Å²) in [6, 6.07) is 10.4. The Labute approximate surface area is 152 Å². The third kappa shape index (κ3) is 3.72. The quantitative estimate of drug-likeness (QED) is 0.743. The lowest BCUT2D eigenvalue weighted by molar-refractivity contribution is 0.266. The molecule has 0 unspecified atom stereocenters. The molecule has 2 fully saturated rings. The second-order valence-corrected chi connectivity index (χ2v) is 8.11. The van der Waals surface area contributed by atoms with E-state index in [1.165, 1.54) is 62.6 Å². The number of hydrogen-bond acceptors (Lipinski definition) is 3. The molecule has 0 radical (unpaired) electrons. The summed E-state index contributed by atoms with van der Waals surface area (Å²) in [5.74, 6) is 1.13. The monoisotopic (exact) mass is 340 g/mol. The van der Waals surface area contributed by atoms with Crippen molar-refractivity contribution in [3.8, 4) is 0 Å². The fourth-order valence-corrected chi connectivity index (χ4v) is 4.69. The van der Waals surface area contributed by atoms with E-state index in [4.69, 9.17) is 4.42 Å². The Morgan fingerprint density at radius 1 is 1.08 bits per heavy atom. The largest absolute Gasteiger partial charge is 0.461 e. The zero-order valence-corrected chi connectivity index (χ0v) is 15.8. The van der Waals surface area contributed by atoms with Gasteiger partial charge in [-0.1, -0.05) is 19.3 Å². The van der Waals surface area contributed by atoms with Crippen LogP contribution in [0.25, 0.3) is 11.0 Å². The average Bonchev–Trinajstić information content (AvgIpc) is 3.24. The maximum Gasteiger partial charge on any atom is 0.134 e. The molecule has 1 saturated heterocycles. The molecule has 0 N–H and O–H groups in total. The Kier molecular flexibility index (Phi) is 5.03. The number of likely N-dealkylation sites (tertiary alicyclic amines) is 1. The van der Waals surface area contributed by atoms with E-state index in [2.05, 4.69) is 48.0 Å². The Morgan fingerprint density at radius 2 is 1.92 bits per heavy atom. The van der Waals surface area contributed by atoms with Crippen LogP contribution in [-0.4, -0.2) is 37.1 Å². The van der Waals surface area contributed by atoms with Crippen molar-refractivity contribution in [1.29, 1.82) is 0 Å². The highest BCUT2D eigenvalue weighted by Gasteiger charge is 2.21. The van der Waals surface area contributed by atoms with E-state index in [1.807, 2.05) is 0 Å². The summed E-state index contributed by atoms with van der Waals surface area (Å²) >= 11 is 0. The van der Waals surface area contributed by atoms with E-state index < -0.39 is 0 Å². The molecule has 4 rings (SSSR count). The summed E-state index contributed by atoms with van der Waals surface area (Å²) in [4.78, 5) is 5.08. The van der Waals surface area contributed by atoms with Gasteiger partial charge in [-0.05, 0) is 63.4 Å². The second-order valence-electron chi connectivity index (χ2n) is 8.11. The molecule has 0 spiro atoms. The van der Waals surface area contributed by atoms with Crippen molar-refractivity contribution in [2.45, 2.75) is 70.4 Å². The maximum absolute atomic E-state index is 6.10. The standard InChI is InChI=1S/C22H32N2O/c1-17-7-6-13-24(17)14-12-21-16-18-15-20(10-11-22(18)25-21)23(2)19-8-4-3-5-9-19/h10-11,15-17,19H,3-9,12-14H2,1-2H3/t17-/m1/s1. The normalized spacial score (nSPS) is 22.7. The van der Waals surface area contributed by atoms with Crippen molar-refractivity contribution in [2.75, 3.05) is 25.0 Å². The highest BCUT2D eigenvalue weighted by Crippen LogP contribution is 2.30. The SMILES string of the molecule is C[C@@H]1CCCN1CCc1cc2cc(N(C)C3CCCCC3)ccc2o1. The first kappa shape index (κ1) is 17.0. The van der Waals surface area contributed by atoms with Crippen molar-refractivity contribution >= 4 is 16.7 Å². The van der Waals surface area contributed by atoms with Crippen molar-refractivity contribution in [1.82, 2.24) is 4.90 Å². The topological polar surface area (TPSA) is 19.6 Å². The van der Waals surface area contributed by atoms with Gasteiger partial charge in [0.15, 0.2) is 0 Å². The van der Waals surface area contributed by atoms with Crippen LogP contribution in [0.1, 0.15) is 57.6 Å². The Morgan fingerprint density at radius 3 is 2.68 bits per heavy atom. The number of benzene rings is 1. The first-order chi connectivity index (χ1) is 12.2. The van der Waals surface area contributed by atoms with Gasteiger partial charge in [0.25, 0.3) is 0 Å². The van der Waals surface area contributed by atoms with Crippen LogP contribution in [0.2, 0.25) is 0 Å². The zero-order chi connectivity index (χ0) is 17.2. The molecular weight excluding hydrogens is 308 g/mol. The summed E-state index contributed by atoms with van der Waals surface area (Å²) in [5, 5.41) is 1.25. The van der Waals surface area contributed by atoms with Crippen LogP contribution in [-0.2, 0) is 6.42 Å². The van der Waals surface area contributed by atoms with E-state index in [1.54, 1.807) is 0 Å². The van der Waals surface area contributed by atoms with Gasteiger partial charge in [-0.15, -0.1) is 0 Å². The van der Waals surface area contributed by atoms with Gasteiger partial charge in [0, 0.05) is 43.2 Å². The van der Waals surface area contributed by atoms with Crippen LogP contribution in [0.3, 0.4) is 0 Å². The average molecular weight is 341 g/mol. The first-order valence-corrected chi connectivity index (χ1v) is 10.2. The Balaban J connectivity index is 1.45. The van der Waals surface area contributed by atoms with Gasteiger partial charge >= 0.3 is 0 Å². The van der Waals surface area contributed by atoms with Crippen LogP contribution in [0.15, 0.2) is 28.7 Å². The van der Waals surface area contributed by atoms with Gasteiger partial charge in [-0.3, -0.25) is 0 Å². The predicted molar refractivity (Wildman–Crippen MR) is 105 cm³/mol. The number of hydrogen-bond donors (Lipinski definition) is 0. The van der Waals surface area contributed by atoms with Gasteiger partial charge in [-0.25, -0.2) is 0 Å². The highest BCUT2D eigenvalue weighted by molar-refractivity contribution is 5.82. The lowest BCUT2D eigenvalue weighted by Gasteiger charge is -2.33. The third-order valence-electron chi connectivity index (χ3n) is 6.42. The first-order valence-electron chi connectivity index (χ1n) is 10.2. The maximum atomic E-state index is 6.10. The molecule has 3 nitrogen and oxygen atoms in total. The van der Waals surface area contributed by atoms with E-state index in [9.17, 15) is 0 Å². The molecule has 1 aliphatic heterocycles. The number of nitrogens with zero attached hydrogens (tertiary/aromatic N) is 2. The van der Waals surface area contributed by atoms with Crippen molar-refractivity contribution < 1.29 is 4.42 Å². The van der Waals surface area contributed by atoms with Crippen molar-refractivity contribution in [2.24, 2.45) is 0 Å². The van der Waals surface area contributed by atoms with Gasteiger partial charge in [0.05, 0.1) is 0 Å². The van der Waals surface area contributed by atoms with Gasteiger partial charge in [0.1, 0.15) is 11.3 Å². The lowest BCUT2D eigenvalue weighted by Crippen LogP contribution is -2.33. The minimum atomic E-state index is 0.703. The lowest BCUT2D eigenvalue weighted by atomic mass is 9.94. The number of fused-ring (bicyclic) bond motifs is 1. The predicted octanol–water partition coefficient (Wildman–Crippen LogP) is 5.23. The summed E-state index contributed by atoms with van der Waals surface area (Å²) in [5.41, 5.74) is 2.37. The van der Waals surface area contributed by atoms with E-state index in [0.717, 1.165) is 30.4 Å². The molecule has 1 aliphatic carbocycles. The third-order valence-corrected chi connectivity index (χ3v) is 6.42. The molecule has 1 aromatic carbocycles. The van der Waals surface area contributed by atoms with E-state index >= 15 is 0 Å². The summed E-state index contributed by atoms with van der Waals surface area (Å²) in [7, 11) is 2.26. The molecular formula is C22H32N2O. The Bertz CT molecular complexity index is 701. The summed E-state index contributed by atoms with van der Waals surface area (Å²) < 4.78 is 6.10. The molecule has 25 heavy (non-hydrogen) atoms. The number of rotatable bonds is 5. The summed E-state index contributed by atoms with van der Waals surface area (Å²) in [6.45, 7) is 4.71. The molecule has 1 atom stereocenters. The van der Waals surface area contributed by atoms with Crippen LogP contribution in [0.4, 0.5) is 5.69 Å². The number of furan rings is 1. The van der Waals surface area contributed by atoms with Gasteiger partial charge in [0.2, 0.25) is 0 Å². The molecule has 2 aromatic rings. The van der Waals surface area contributed by atoms with Crippen LogP contribution < -0.4 is 4.90 Å². The second kappa shape index (κ2) is 7.41. The van der Waals surface area contributed by atoms with E-state index in [0.29, 0.717) is 6.04 Å². The fraction of sp³-hybridized carbons (Fsp3) is 0.636. The zero-order valence-electron chi connectivity index (χ0n) is 15.8. The van der Waals surface area contributed by atoms with Gasteiger partial charge in [-0.2, -0.15) is 0 Å². The van der Waals surface area contributed by atoms with Crippen LogP contribution in [0, 0.1) is 0 Å². The molecule has 2 heterocycles. The molecule has 0 amide bonds. The highest BCUT2D eigenvalue weighted by atomic mass is 16.3. The van der Waals surface area contributed by atoms with Gasteiger partial charge < -0.3 is 14.2 Å². The smallest absolute Gasteiger partial charge is 0.134 e.